The predicted octanol–water partition coefficient (Wildman–Crippen LogP) is 1.15. The van der Waals surface area contributed by atoms with Gasteiger partial charge in [-0.2, -0.15) is 0 Å². The van der Waals surface area contributed by atoms with Crippen molar-refractivity contribution in [1.29, 1.82) is 0 Å². The van der Waals surface area contributed by atoms with E-state index >= 15 is 0 Å². The molecule has 0 aliphatic carbocycles. The Labute approximate surface area is 123 Å². The molecule has 1 atom stereocenters. The van der Waals surface area contributed by atoms with Crippen molar-refractivity contribution < 1.29 is 14.7 Å². The average Bonchev–Trinajstić information content (AvgIpc) is 2.48. The van der Waals surface area contributed by atoms with Crippen LogP contribution in [0.5, 0.6) is 0 Å². The van der Waals surface area contributed by atoms with Crippen molar-refractivity contribution in [2.45, 2.75) is 12.5 Å². The topological polar surface area (TPSA) is 106 Å². The van der Waals surface area contributed by atoms with Gasteiger partial charge in [-0.05, 0) is 24.1 Å². The van der Waals surface area contributed by atoms with Gasteiger partial charge in [0.15, 0.2) is 0 Å². The van der Waals surface area contributed by atoms with Gasteiger partial charge >= 0.3 is 0 Å². The first kappa shape index (κ1) is 16.4. The highest BCUT2D eigenvalue weighted by molar-refractivity contribution is 5.96. The number of amides is 1. The van der Waals surface area contributed by atoms with Gasteiger partial charge < -0.3 is 21.4 Å². The fourth-order valence-corrected chi connectivity index (χ4v) is 1.87. The van der Waals surface area contributed by atoms with Gasteiger partial charge in [0.2, 0.25) is 0 Å². The summed E-state index contributed by atoms with van der Waals surface area (Å²) in [7, 11) is 0. The molecule has 5 N–H and O–H groups in total. The molecule has 0 bridgehead atoms. The smallest absolute Gasteiger partial charge is 0.251 e. The van der Waals surface area contributed by atoms with E-state index in [0.29, 0.717) is 5.56 Å². The molecule has 110 valence electrons. The minimum absolute atomic E-state index is 0. The standard InChI is InChI=1S/C16H15NO3.H3N/c18-15(13-9-5-2-6-10-13)17-14(16(19)20)11-12-7-3-1-4-8-12;/h1-10,14H,11H2,(H,17,18)(H,19,20);1H3/t14-;/m0./s1. The van der Waals surface area contributed by atoms with Crippen molar-refractivity contribution >= 4 is 11.9 Å². The van der Waals surface area contributed by atoms with Gasteiger partial charge in [0.05, 0.1) is 12.0 Å². The van der Waals surface area contributed by atoms with Gasteiger partial charge in [-0.25, -0.2) is 0 Å². The summed E-state index contributed by atoms with van der Waals surface area (Å²) in [6, 6.07) is 16.5. The predicted molar refractivity (Wildman–Crippen MR) is 78.8 cm³/mol. The maximum absolute atomic E-state index is 11.9. The van der Waals surface area contributed by atoms with Crippen molar-refractivity contribution in [3.63, 3.8) is 0 Å². The molecule has 0 saturated heterocycles. The summed E-state index contributed by atoms with van der Waals surface area (Å²) in [6.45, 7) is 0. The number of hydrogen-bond acceptors (Lipinski definition) is 3. The minimum atomic E-state index is -1.29. The lowest BCUT2D eigenvalue weighted by atomic mass is 10.1. The van der Waals surface area contributed by atoms with E-state index in [1.54, 1.807) is 30.3 Å². The van der Waals surface area contributed by atoms with Crippen LogP contribution < -0.4 is 16.6 Å². The Bertz CT molecular complexity index is 585. The van der Waals surface area contributed by atoms with Gasteiger partial charge in [0.1, 0.15) is 0 Å². The van der Waals surface area contributed by atoms with E-state index in [9.17, 15) is 14.7 Å². The Kier molecular flexibility index (Phi) is 6.10. The lowest BCUT2D eigenvalue weighted by Gasteiger charge is -2.19. The van der Waals surface area contributed by atoms with Crippen LogP contribution in [0, 0.1) is 0 Å². The van der Waals surface area contributed by atoms with Crippen molar-refractivity contribution in [1.82, 2.24) is 11.5 Å². The fraction of sp³-hybridized carbons (Fsp3) is 0.125. The van der Waals surface area contributed by atoms with Gasteiger partial charge in [-0.15, -0.1) is 0 Å². The second kappa shape index (κ2) is 7.81. The zero-order valence-electron chi connectivity index (χ0n) is 11.8. The first-order valence-electron chi connectivity index (χ1n) is 6.27. The monoisotopic (exact) mass is 286 g/mol. The van der Waals surface area contributed by atoms with E-state index in [4.69, 9.17) is 0 Å². The van der Waals surface area contributed by atoms with Gasteiger partial charge in [-0.1, -0.05) is 48.5 Å². The van der Waals surface area contributed by atoms with Crippen LogP contribution in [-0.4, -0.2) is 17.9 Å². The molecule has 0 heterocycles. The summed E-state index contributed by atoms with van der Waals surface area (Å²) < 4.78 is 0. The number of quaternary nitrogens is 1. The Morgan fingerprint density at radius 3 is 2.00 bits per heavy atom. The molecule has 1 amide bonds. The van der Waals surface area contributed by atoms with Crippen LogP contribution in [0.3, 0.4) is 0 Å². The lowest BCUT2D eigenvalue weighted by molar-refractivity contribution is -0.308. The summed E-state index contributed by atoms with van der Waals surface area (Å²) >= 11 is 0. The molecule has 0 unspecified atom stereocenters. The zero-order chi connectivity index (χ0) is 14.4. The third kappa shape index (κ3) is 4.74. The van der Waals surface area contributed by atoms with Crippen LogP contribution in [-0.2, 0) is 11.2 Å². The number of carbonyl (C=O) groups is 2. The third-order valence-electron chi connectivity index (χ3n) is 2.91. The molecule has 2 aromatic rings. The number of hydrogen-bond donors (Lipinski definition) is 2. The van der Waals surface area contributed by atoms with Crippen molar-refractivity contribution in [3.8, 4) is 0 Å². The molecule has 0 spiro atoms. The first-order chi connectivity index (χ1) is 9.66. The number of carbonyl (C=O) groups excluding carboxylic acids is 2. The number of aliphatic carboxylic acids is 1. The number of rotatable bonds is 5. The summed E-state index contributed by atoms with van der Waals surface area (Å²) in [6.07, 6.45) is 0.196. The van der Waals surface area contributed by atoms with Crippen LogP contribution in [0.15, 0.2) is 60.7 Å². The van der Waals surface area contributed by atoms with Crippen molar-refractivity contribution in [2.24, 2.45) is 0 Å². The highest BCUT2D eigenvalue weighted by atomic mass is 16.4. The van der Waals surface area contributed by atoms with Crippen LogP contribution in [0.4, 0.5) is 0 Å². The number of carboxylic acids is 1. The number of benzene rings is 2. The summed E-state index contributed by atoms with van der Waals surface area (Å²) in [5.41, 5.74) is 1.25. The quantitative estimate of drug-likeness (QED) is 0.861. The van der Waals surface area contributed by atoms with E-state index in [1.807, 2.05) is 30.3 Å². The Morgan fingerprint density at radius 2 is 1.48 bits per heavy atom. The summed E-state index contributed by atoms with van der Waals surface area (Å²) in [4.78, 5) is 23.1. The summed E-state index contributed by atoms with van der Waals surface area (Å²) in [5, 5.41) is 13.6. The average molecular weight is 286 g/mol. The zero-order valence-corrected chi connectivity index (χ0v) is 11.8. The third-order valence-corrected chi connectivity index (χ3v) is 2.91. The van der Waals surface area contributed by atoms with Crippen molar-refractivity contribution in [2.75, 3.05) is 0 Å². The molecule has 2 rings (SSSR count). The van der Waals surface area contributed by atoms with E-state index < -0.39 is 17.9 Å². The van der Waals surface area contributed by atoms with Crippen LogP contribution in [0.2, 0.25) is 0 Å². The van der Waals surface area contributed by atoms with Gasteiger partial charge in [0, 0.05) is 5.56 Å². The normalized spacial score (nSPS) is 11.0. The first-order valence-corrected chi connectivity index (χ1v) is 6.27. The SMILES string of the molecule is O=C(N[C@@H](Cc1ccccc1)C(=O)[O-])c1ccccc1.[NH4+]. The highest BCUT2D eigenvalue weighted by Crippen LogP contribution is 2.05. The Balaban J connectivity index is 0.00000220. The summed E-state index contributed by atoms with van der Waals surface area (Å²) in [5.74, 6) is -1.71. The molecule has 0 aromatic heterocycles. The molecule has 0 saturated carbocycles. The van der Waals surface area contributed by atoms with E-state index in [2.05, 4.69) is 5.32 Å². The Morgan fingerprint density at radius 1 is 0.952 bits per heavy atom. The second-order valence-electron chi connectivity index (χ2n) is 4.40. The van der Waals surface area contributed by atoms with E-state index in [-0.39, 0.29) is 12.6 Å². The molecule has 5 nitrogen and oxygen atoms in total. The molecule has 0 radical (unpaired) electrons. The van der Waals surface area contributed by atoms with E-state index in [1.165, 1.54) is 0 Å². The molecule has 0 fully saturated rings. The van der Waals surface area contributed by atoms with E-state index in [0.717, 1.165) is 5.56 Å². The molecular formula is C16H18N2O3. The minimum Gasteiger partial charge on any atom is -0.548 e. The van der Waals surface area contributed by atoms with Gasteiger partial charge in [-0.3, -0.25) is 4.79 Å². The molecule has 5 heteroatoms. The Hall–Kier alpha value is -2.66. The maximum atomic E-state index is 11.9. The van der Waals surface area contributed by atoms with Crippen LogP contribution in [0.1, 0.15) is 15.9 Å². The largest absolute Gasteiger partial charge is 0.548 e. The van der Waals surface area contributed by atoms with Crippen molar-refractivity contribution in [3.05, 3.63) is 71.8 Å². The second-order valence-corrected chi connectivity index (χ2v) is 4.40. The molecular weight excluding hydrogens is 268 g/mol. The maximum Gasteiger partial charge on any atom is 0.251 e. The number of nitrogens with one attached hydrogen (secondary N) is 1. The molecule has 2 aromatic carbocycles. The fourth-order valence-electron chi connectivity index (χ4n) is 1.87. The lowest BCUT2D eigenvalue weighted by Crippen LogP contribution is -2.49. The highest BCUT2D eigenvalue weighted by Gasteiger charge is 2.15. The number of carboxylic acid groups (broad SMARTS) is 1. The van der Waals surface area contributed by atoms with Crippen LogP contribution in [0.25, 0.3) is 0 Å². The molecule has 0 aliphatic heterocycles. The van der Waals surface area contributed by atoms with Crippen LogP contribution >= 0.6 is 0 Å². The van der Waals surface area contributed by atoms with Gasteiger partial charge in [0.25, 0.3) is 5.91 Å². The molecule has 0 aliphatic rings. The molecule has 21 heavy (non-hydrogen) atoms.